The van der Waals surface area contributed by atoms with Gasteiger partial charge in [-0.3, -0.25) is 0 Å². The summed E-state index contributed by atoms with van der Waals surface area (Å²) in [6.07, 6.45) is 2.31. The maximum absolute atomic E-state index is 9.69. The molecule has 3 N–H and O–H groups in total. The highest BCUT2D eigenvalue weighted by Gasteiger charge is 2.22. The summed E-state index contributed by atoms with van der Waals surface area (Å²) in [6.45, 7) is 2.45. The molecule has 1 aliphatic heterocycles. The normalized spacial score (nSPS) is 16.5. The summed E-state index contributed by atoms with van der Waals surface area (Å²) in [5.74, 6) is -2.01. The van der Waals surface area contributed by atoms with Gasteiger partial charge in [0.2, 0.25) is 0 Å². The molecule has 33 heavy (non-hydrogen) atoms. The quantitative estimate of drug-likeness (QED) is 0.497. The van der Waals surface area contributed by atoms with Gasteiger partial charge in [0.05, 0.1) is 11.7 Å². The molecule has 3 rings (SSSR count). The maximum atomic E-state index is 9.69. The summed E-state index contributed by atoms with van der Waals surface area (Å²) in [5.41, 5.74) is 1.54. The fourth-order valence-electron chi connectivity index (χ4n) is 3.26. The van der Waals surface area contributed by atoms with E-state index in [-0.39, 0.29) is 12.2 Å². The molecule has 0 aliphatic carbocycles. The van der Waals surface area contributed by atoms with Crippen molar-refractivity contribution < 1.29 is 29.6 Å². The monoisotopic (exact) mass is 472 g/mol. The molecular weight excluding hydrogens is 448 g/mol. The van der Waals surface area contributed by atoms with Gasteiger partial charge in [0.1, 0.15) is 17.9 Å². The number of ether oxygens (including phenoxy) is 1. The number of β-amino-alcohol motifs (C(OH)–C–C–N with tert-alkyl or cyclic N) is 1. The molecule has 2 aromatic carbocycles. The van der Waals surface area contributed by atoms with Crippen LogP contribution in [0.3, 0.4) is 0 Å². The number of aliphatic hydroxyl groups excluding tert-OH is 1. The Morgan fingerprint density at radius 1 is 1.18 bits per heavy atom. The van der Waals surface area contributed by atoms with Crippen molar-refractivity contribution in [3.8, 4) is 11.8 Å². The minimum Gasteiger partial charge on any atom is -0.484 e. The van der Waals surface area contributed by atoms with Gasteiger partial charge in [-0.15, -0.1) is 0 Å². The van der Waals surface area contributed by atoms with Crippen molar-refractivity contribution in [2.45, 2.75) is 25.0 Å². The lowest BCUT2D eigenvalue weighted by atomic mass is 10.1. The van der Waals surface area contributed by atoms with Crippen LogP contribution in [0.5, 0.6) is 5.75 Å². The lowest BCUT2D eigenvalue weighted by Gasteiger charge is -2.23. The number of hydrogen-bond acceptors (Lipinski definition) is 6. The fourth-order valence-corrected chi connectivity index (χ4v) is 3.42. The van der Waals surface area contributed by atoms with Crippen molar-refractivity contribution >= 4 is 23.5 Å². The first kappa shape index (κ1) is 25.9. The Labute approximate surface area is 196 Å². The van der Waals surface area contributed by atoms with Crippen LogP contribution in [0.1, 0.15) is 30.1 Å². The van der Waals surface area contributed by atoms with Gasteiger partial charge in [0.25, 0.3) is 0 Å². The number of benzene rings is 2. The van der Waals surface area contributed by atoms with Crippen LogP contribution in [0.15, 0.2) is 60.7 Å². The number of carboxylic acids is 2. The number of aliphatic hydroxyl groups is 1. The van der Waals surface area contributed by atoms with Crippen LogP contribution in [0.4, 0.5) is 0 Å². The highest BCUT2D eigenvalue weighted by Crippen LogP contribution is 2.30. The van der Waals surface area contributed by atoms with Crippen molar-refractivity contribution in [1.29, 1.82) is 5.26 Å². The molecule has 1 fully saturated rings. The zero-order valence-electron chi connectivity index (χ0n) is 17.8. The predicted molar refractivity (Wildman–Crippen MR) is 122 cm³/mol. The summed E-state index contributed by atoms with van der Waals surface area (Å²) in [4.78, 5) is 21.4. The lowest BCUT2D eigenvalue weighted by molar-refractivity contribution is -0.134. The Kier molecular flexibility index (Phi) is 10.4. The Bertz CT molecular complexity index is 990. The number of carbonyl (C=O) groups is 2. The van der Waals surface area contributed by atoms with Gasteiger partial charge in [-0.2, -0.15) is 5.26 Å². The molecule has 1 heterocycles. The third kappa shape index (κ3) is 9.33. The van der Waals surface area contributed by atoms with E-state index in [1.54, 1.807) is 18.2 Å². The average molecular weight is 473 g/mol. The van der Waals surface area contributed by atoms with Crippen LogP contribution in [0.25, 0.3) is 0 Å². The van der Waals surface area contributed by atoms with Gasteiger partial charge < -0.3 is 25.0 Å². The van der Waals surface area contributed by atoms with E-state index < -0.39 is 11.9 Å². The van der Waals surface area contributed by atoms with Crippen molar-refractivity contribution in [3.63, 3.8) is 0 Å². The van der Waals surface area contributed by atoms with Gasteiger partial charge in [0, 0.05) is 49.3 Å². The second-order valence-electron chi connectivity index (χ2n) is 7.31. The largest absolute Gasteiger partial charge is 0.484 e. The second-order valence-corrected chi connectivity index (χ2v) is 7.75. The highest BCUT2D eigenvalue weighted by atomic mass is 35.5. The molecule has 2 atom stereocenters. The first-order valence-corrected chi connectivity index (χ1v) is 10.6. The van der Waals surface area contributed by atoms with Crippen LogP contribution in [0.2, 0.25) is 5.02 Å². The van der Waals surface area contributed by atoms with Gasteiger partial charge >= 0.3 is 11.9 Å². The average Bonchev–Trinajstić information content (AvgIpc) is 3.21. The van der Waals surface area contributed by atoms with Crippen molar-refractivity contribution in [2.75, 3.05) is 19.6 Å². The third-order valence-corrected chi connectivity index (χ3v) is 5.06. The Morgan fingerprint density at radius 3 is 2.39 bits per heavy atom. The van der Waals surface area contributed by atoms with E-state index in [1.807, 2.05) is 30.3 Å². The Balaban J connectivity index is 0.000000414. The predicted octanol–water partition coefficient (Wildman–Crippen LogP) is 3.50. The summed E-state index contributed by atoms with van der Waals surface area (Å²) in [5, 5.41) is 35.2. The van der Waals surface area contributed by atoms with Crippen LogP contribution < -0.4 is 4.74 Å². The van der Waals surface area contributed by atoms with E-state index in [0.29, 0.717) is 35.0 Å². The number of hydrogen-bond donors (Lipinski definition) is 3. The molecule has 1 aliphatic rings. The molecule has 0 radical (unpaired) electrons. The van der Waals surface area contributed by atoms with E-state index in [9.17, 15) is 20.0 Å². The van der Waals surface area contributed by atoms with Crippen LogP contribution in [-0.2, 0) is 9.59 Å². The molecule has 0 spiro atoms. The molecule has 0 bridgehead atoms. The number of nitrogens with zero attached hydrogens (tertiary/aromatic N) is 2. The third-order valence-electron chi connectivity index (χ3n) is 4.83. The van der Waals surface area contributed by atoms with E-state index in [2.05, 4.69) is 11.0 Å². The summed E-state index contributed by atoms with van der Waals surface area (Å²) in [7, 11) is 0. The number of nitriles is 1. The minimum atomic E-state index is -1.26. The molecule has 0 aromatic heterocycles. The Hall–Kier alpha value is -3.38. The first-order chi connectivity index (χ1) is 15.8. The van der Waals surface area contributed by atoms with Crippen LogP contribution >= 0.6 is 11.6 Å². The number of likely N-dealkylation sites (tertiary alicyclic amines) is 1. The van der Waals surface area contributed by atoms with Crippen molar-refractivity contribution in [3.05, 3.63) is 76.8 Å². The Morgan fingerprint density at radius 2 is 1.85 bits per heavy atom. The number of aliphatic carboxylic acids is 2. The first-order valence-electron chi connectivity index (χ1n) is 10.2. The molecule has 0 unspecified atom stereocenters. The molecule has 174 valence electrons. The lowest BCUT2D eigenvalue weighted by Crippen LogP contribution is -2.25. The molecule has 1 saturated heterocycles. The number of carboxylic acid groups (broad SMARTS) is 2. The van der Waals surface area contributed by atoms with E-state index in [4.69, 9.17) is 26.6 Å². The molecule has 0 saturated carbocycles. The standard InChI is InChI=1S/C20H21ClN2O2.C4H4O4/c21-17-7-6-16(13-22)20(12-17)25-19(15-4-2-1-3-5-15)9-11-23-10-8-18(24)14-23;5-3(6)1-2-4(7)8/h1-7,12,18-19,24H,8-11,14H2;1-2H,(H,5,6)(H,7,8)/t18-,19-;/m1./s1. The van der Waals surface area contributed by atoms with E-state index >= 15 is 0 Å². The van der Waals surface area contributed by atoms with Crippen molar-refractivity contribution in [2.24, 2.45) is 0 Å². The summed E-state index contributed by atoms with van der Waals surface area (Å²) < 4.78 is 6.19. The summed E-state index contributed by atoms with van der Waals surface area (Å²) >= 11 is 6.07. The van der Waals surface area contributed by atoms with Crippen LogP contribution in [-0.4, -0.2) is 57.9 Å². The zero-order chi connectivity index (χ0) is 24.2. The SMILES string of the molecule is N#Cc1ccc(Cl)cc1O[C@H](CCN1CC[C@@H](O)C1)c1ccccc1.O=C(O)C=CC(=O)O. The molecule has 9 heteroatoms. The highest BCUT2D eigenvalue weighted by molar-refractivity contribution is 6.30. The van der Waals surface area contributed by atoms with Gasteiger partial charge in [-0.1, -0.05) is 41.9 Å². The molecular formula is C24H25ClN2O6. The zero-order valence-corrected chi connectivity index (χ0v) is 18.6. The topological polar surface area (TPSA) is 131 Å². The molecule has 0 amide bonds. The second kappa shape index (κ2) is 13.2. The van der Waals surface area contributed by atoms with E-state index in [1.165, 1.54) is 0 Å². The maximum Gasteiger partial charge on any atom is 0.328 e. The smallest absolute Gasteiger partial charge is 0.328 e. The minimum absolute atomic E-state index is 0.176. The summed E-state index contributed by atoms with van der Waals surface area (Å²) in [6, 6.07) is 17.2. The van der Waals surface area contributed by atoms with Gasteiger partial charge in [-0.05, 0) is 24.1 Å². The number of rotatable bonds is 8. The van der Waals surface area contributed by atoms with E-state index in [0.717, 1.165) is 31.5 Å². The number of halogens is 1. The van der Waals surface area contributed by atoms with Gasteiger partial charge in [-0.25, -0.2) is 9.59 Å². The van der Waals surface area contributed by atoms with Crippen LogP contribution in [0, 0.1) is 11.3 Å². The van der Waals surface area contributed by atoms with Crippen molar-refractivity contribution in [1.82, 2.24) is 4.90 Å². The molecule has 2 aromatic rings. The fraction of sp³-hybridized carbons (Fsp3) is 0.292. The van der Waals surface area contributed by atoms with Gasteiger partial charge in [0.15, 0.2) is 0 Å². The molecule has 8 nitrogen and oxygen atoms in total.